The van der Waals surface area contributed by atoms with Crippen LogP contribution in [0.3, 0.4) is 0 Å². The van der Waals surface area contributed by atoms with Gasteiger partial charge in [-0.25, -0.2) is 4.79 Å². The van der Waals surface area contributed by atoms with Crippen molar-refractivity contribution in [3.05, 3.63) is 47.2 Å². The van der Waals surface area contributed by atoms with Crippen molar-refractivity contribution in [3.63, 3.8) is 0 Å². The lowest BCUT2D eigenvalue weighted by molar-refractivity contribution is -0.133. The van der Waals surface area contributed by atoms with Gasteiger partial charge in [0.2, 0.25) is 0 Å². The maximum atomic E-state index is 11.9. The predicted molar refractivity (Wildman–Crippen MR) is 72.0 cm³/mol. The summed E-state index contributed by atoms with van der Waals surface area (Å²) < 4.78 is 4.86. The van der Waals surface area contributed by atoms with Crippen LogP contribution in [0.1, 0.15) is 37.7 Å². The molecule has 0 saturated heterocycles. The van der Waals surface area contributed by atoms with E-state index >= 15 is 0 Å². The third kappa shape index (κ3) is 3.12. The van der Waals surface area contributed by atoms with Gasteiger partial charge >= 0.3 is 5.97 Å². The summed E-state index contributed by atoms with van der Waals surface area (Å²) in [5, 5.41) is 0. The van der Waals surface area contributed by atoms with Crippen molar-refractivity contribution in [2.24, 2.45) is 0 Å². The second-order valence-corrected chi connectivity index (χ2v) is 4.52. The van der Waals surface area contributed by atoms with Crippen LogP contribution in [0.2, 0.25) is 0 Å². The number of hydrogen-bond donors (Lipinski definition) is 0. The minimum atomic E-state index is -0.306. The number of carbonyl (C=O) groups excluding carboxylic acids is 1. The van der Waals surface area contributed by atoms with Crippen LogP contribution >= 0.6 is 0 Å². The molecule has 1 aromatic rings. The summed E-state index contributed by atoms with van der Waals surface area (Å²) in [6.07, 6.45) is 5.78. The van der Waals surface area contributed by atoms with Gasteiger partial charge in [-0.15, -0.1) is 5.73 Å². The summed E-state index contributed by atoms with van der Waals surface area (Å²) in [5.41, 5.74) is 5.95. The second-order valence-electron chi connectivity index (χ2n) is 4.52. The lowest BCUT2D eigenvalue weighted by Crippen LogP contribution is -2.03. The molecule has 2 rings (SSSR count). The molecule has 0 aromatic heterocycles. The first kappa shape index (κ1) is 12.7. The third-order valence-corrected chi connectivity index (χ3v) is 3.21. The average Bonchev–Trinajstić information content (AvgIpc) is 2.46. The summed E-state index contributed by atoms with van der Waals surface area (Å²) >= 11 is 0. The molecule has 1 fully saturated rings. The number of hydrogen-bond acceptors (Lipinski definition) is 2. The largest absolute Gasteiger partial charge is 0.465 e. The zero-order valence-electron chi connectivity index (χ0n) is 10.7. The Hall–Kier alpha value is -1.79. The van der Waals surface area contributed by atoms with Crippen LogP contribution in [-0.4, -0.2) is 13.1 Å². The highest BCUT2D eigenvalue weighted by Gasteiger charge is 2.13. The molecule has 0 unspecified atom stereocenters. The first-order chi connectivity index (χ1) is 8.81. The summed E-state index contributed by atoms with van der Waals surface area (Å²) in [4.78, 5) is 11.9. The molecule has 0 heterocycles. The van der Waals surface area contributed by atoms with Crippen molar-refractivity contribution >= 4 is 11.5 Å². The Morgan fingerprint density at radius 3 is 2.39 bits per heavy atom. The summed E-state index contributed by atoms with van der Waals surface area (Å²) in [6, 6.07) is 9.62. The van der Waals surface area contributed by atoms with Gasteiger partial charge in [0.25, 0.3) is 0 Å². The quantitative estimate of drug-likeness (QED) is 0.448. The van der Waals surface area contributed by atoms with Gasteiger partial charge < -0.3 is 4.74 Å². The maximum absolute atomic E-state index is 11.9. The molecule has 0 N–H and O–H groups in total. The first-order valence-corrected chi connectivity index (χ1v) is 6.43. The highest BCUT2D eigenvalue weighted by atomic mass is 16.5. The fourth-order valence-electron chi connectivity index (χ4n) is 2.23. The number of rotatable bonds is 2. The summed E-state index contributed by atoms with van der Waals surface area (Å²) in [5.74, 6) is -0.306. The molecule has 1 aliphatic carbocycles. The number of ether oxygens (including phenoxy) is 1. The third-order valence-electron chi connectivity index (χ3n) is 3.21. The van der Waals surface area contributed by atoms with E-state index in [1.165, 1.54) is 31.9 Å². The molecule has 0 radical (unpaired) electrons. The molecule has 0 amide bonds. The molecule has 0 aliphatic heterocycles. The molecule has 94 valence electrons. The fraction of sp³-hybridized carbons (Fsp3) is 0.375. The van der Waals surface area contributed by atoms with E-state index in [1.807, 2.05) is 30.3 Å². The molecule has 2 heteroatoms. The minimum Gasteiger partial charge on any atom is -0.465 e. The fourth-order valence-corrected chi connectivity index (χ4v) is 2.23. The van der Waals surface area contributed by atoms with E-state index in [-0.39, 0.29) is 5.97 Å². The van der Waals surface area contributed by atoms with Gasteiger partial charge in [0.15, 0.2) is 0 Å². The van der Waals surface area contributed by atoms with Crippen LogP contribution in [0.4, 0.5) is 0 Å². The Balaban J connectivity index is 2.42. The number of carbonyl (C=O) groups is 1. The van der Waals surface area contributed by atoms with Gasteiger partial charge in [0.05, 0.1) is 7.11 Å². The van der Waals surface area contributed by atoms with Gasteiger partial charge in [0.1, 0.15) is 5.57 Å². The number of esters is 1. The molecule has 1 aliphatic rings. The van der Waals surface area contributed by atoms with Crippen molar-refractivity contribution in [1.29, 1.82) is 0 Å². The van der Waals surface area contributed by atoms with Crippen molar-refractivity contribution in [2.45, 2.75) is 32.1 Å². The highest BCUT2D eigenvalue weighted by molar-refractivity contribution is 6.16. The van der Waals surface area contributed by atoms with E-state index in [9.17, 15) is 4.79 Å². The predicted octanol–water partition coefficient (Wildman–Crippen LogP) is 3.73. The van der Waals surface area contributed by atoms with Gasteiger partial charge in [-0.1, -0.05) is 36.8 Å². The molecule has 0 atom stereocenters. The molecule has 0 bridgehead atoms. The van der Waals surface area contributed by atoms with Crippen LogP contribution in [0.5, 0.6) is 0 Å². The van der Waals surface area contributed by atoms with E-state index in [1.54, 1.807) is 0 Å². The lowest BCUT2D eigenvalue weighted by atomic mass is 9.94. The Kier molecular flexibility index (Phi) is 4.38. The van der Waals surface area contributed by atoms with Crippen LogP contribution in [0.15, 0.2) is 41.6 Å². The molecular weight excluding hydrogens is 224 g/mol. The van der Waals surface area contributed by atoms with Gasteiger partial charge in [0, 0.05) is 0 Å². The Labute approximate surface area is 108 Å². The van der Waals surface area contributed by atoms with E-state index in [2.05, 4.69) is 5.73 Å². The minimum absolute atomic E-state index is 0.306. The molecular formula is C16H18O2. The molecule has 1 saturated carbocycles. The maximum Gasteiger partial charge on any atom is 0.346 e. The standard InChI is InChI=1S/C16H18O2/c1-18-16(17)15(14-10-6-3-7-11-14)12-13-8-4-2-5-9-13/h3,6-7,10-11H,2,4-5,8-9H2,1H3. The SMILES string of the molecule is COC(=O)C(=C=C1CCCCC1)c1ccccc1. The first-order valence-electron chi connectivity index (χ1n) is 6.43. The smallest absolute Gasteiger partial charge is 0.346 e. The topological polar surface area (TPSA) is 26.3 Å². The van der Waals surface area contributed by atoms with Crippen LogP contribution in [0, 0.1) is 0 Å². The zero-order chi connectivity index (χ0) is 12.8. The Morgan fingerprint density at radius 2 is 1.78 bits per heavy atom. The molecule has 18 heavy (non-hydrogen) atoms. The molecule has 0 spiro atoms. The van der Waals surface area contributed by atoms with Crippen molar-refractivity contribution in [3.8, 4) is 0 Å². The zero-order valence-corrected chi connectivity index (χ0v) is 10.7. The normalized spacial score (nSPS) is 14.8. The molecule has 2 nitrogen and oxygen atoms in total. The van der Waals surface area contributed by atoms with Crippen molar-refractivity contribution < 1.29 is 9.53 Å². The van der Waals surface area contributed by atoms with E-state index in [0.717, 1.165) is 18.4 Å². The lowest BCUT2D eigenvalue weighted by Gasteiger charge is -2.11. The van der Waals surface area contributed by atoms with E-state index in [4.69, 9.17) is 4.74 Å². The van der Waals surface area contributed by atoms with E-state index < -0.39 is 0 Å². The summed E-state index contributed by atoms with van der Waals surface area (Å²) in [7, 11) is 1.42. The van der Waals surface area contributed by atoms with Gasteiger partial charge in [-0.05, 0) is 36.8 Å². The van der Waals surface area contributed by atoms with Crippen LogP contribution in [-0.2, 0) is 9.53 Å². The second kappa shape index (κ2) is 6.23. The highest BCUT2D eigenvalue weighted by Crippen LogP contribution is 2.24. The molecule has 1 aromatic carbocycles. The van der Waals surface area contributed by atoms with Gasteiger partial charge in [-0.3, -0.25) is 0 Å². The number of methoxy groups -OCH3 is 1. The van der Waals surface area contributed by atoms with Crippen molar-refractivity contribution in [1.82, 2.24) is 0 Å². The van der Waals surface area contributed by atoms with E-state index in [0.29, 0.717) is 5.57 Å². The summed E-state index contributed by atoms with van der Waals surface area (Å²) in [6.45, 7) is 0. The van der Waals surface area contributed by atoms with Gasteiger partial charge in [-0.2, -0.15) is 0 Å². The van der Waals surface area contributed by atoms with Crippen LogP contribution < -0.4 is 0 Å². The monoisotopic (exact) mass is 242 g/mol. The van der Waals surface area contributed by atoms with Crippen molar-refractivity contribution in [2.75, 3.05) is 7.11 Å². The van der Waals surface area contributed by atoms with Crippen LogP contribution in [0.25, 0.3) is 5.57 Å². The Bertz CT molecular complexity index is 471. The Morgan fingerprint density at radius 1 is 1.11 bits per heavy atom. The average molecular weight is 242 g/mol. The number of benzene rings is 1.